The molecule has 19 heavy (non-hydrogen) atoms. The largest absolute Gasteiger partial charge is 0.339 e. The fourth-order valence-corrected chi connectivity index (χ4v) is 3.50. The second-order valence-electron chi connectivity index (χ2n) is 4.81. The van der Waals surface area contributed by atoms with Crippen molar-refractivity contribution in [2.45, 2.75) is 25.3 Å². The summed E-state index contributed by atoms with van der Waals surface area (Å²) in [7, 11) is 0. The van der Waals surface area contributed by atoms with Crippen molar-refractivity contribution in [2.24, 2.45) is 5.73 Å². The molecule has 1 fully saturated rings. The van der Waals surface area contributed by atoms with Crippen LogP contribution in [-0.4, -0.2) is 27.7 Å². The van der Waals surface area contributed by atoms with Gasteiger partial charge in [0.1, 0.15) is 0 Å². The van der Waals surface area contributed by atoms with Gasteiger partial charge in [-0.3, -0.25) is 0 Å². The van der Waals surface area contributed by atoms with Crippen LogP contribution in [0.5, 0.6) is 0 Å². The van der Waals surface area contributed by atoms with E-state index >= 15 is 0 Å². The third kappa shape index (κ3) is 2.53. The molecule has 2 unspecified atom stereocenters. The van der Waals surface area contributed by atoms with Crippen LogP contribution in [0, 0.1) is 0 Å². The number of aryl methyl sites for hydroxylation is 1. The van der Waals surface area contributed by atoms with Gasteiger partial charge in [-0.25, -0.2) is 0 Å². The van der Waals surface area contributed by atoms with Crippen molar-refractivity contribution in [3.05, 3.63) is 35.7 Å². The molecule has 0 amide bonds. The first kappa shape index (κ1) is 12.7. The summed E-state index contributed by atoms with van der Waals surface area (Å²) in [5.41, 5.74) is 8.35. The van der Waals surface area contributed by atoms with Crippen molar-refractivity contribution in [1.29, 1.82) is 0 Å². The molecule has 0 spiro atoms. The summed E-state index contributed by atoms with van der Waals surface area (Å²) in [6.45, 7) is 2.14. The summed E-state index contributed by atoms with van der Waals surface area (Å²) in [6.07, 6.45) is 1.03. The normalized spacial score (nSPS) is 22.8. The second kappa shape index (κ2) is 5.35. The first-order chi connectivity index (χ1) is 9.28. The lowest BCUT2D eigenvalue weighted by Crippen LogP contribution is -2.26. The van der Waals surface area contributed by atoms with Crippen molar-refractivity contribution < 1.29 is 4.52 Å². The molecule has 2 N–H and O–H groups in total. The van der Waals surface area contributed by atoms with Crippen LogP contribution in [0.25, 0.3) is 11.4 Å². The topological polar surface area (TPSA) is 64.9 Å². The van der Waals surface area contributed by atoms with E-state index in [1.54, 1.807) is 0 Å². The molecule has 1 saturated heterocycles. The van der Waals surface area contributed by atoms with Gasteiger partial charge in [0.25, 0.3) is 0 Å². The molecular weight excluding hydrogens is 258 g/mol. The van der Waals surface area contributed by atoms with Crippen LogP contribution in [0.1, 0.15) is 24.3 Å². The van der Waals surface area contributed by atoms with Crippen LogP contribution in [0.2, 0.25) is 0 Å². The Kier molecular flexibility index (Phi) is 3.57. The van der Waals surface area contributed by atoms with Crippen molar-refractivity contribution in [3.8, 4) is 11.4 Å². The highest BCUT2D eigenvalue weighted by atomic mass is 32.2. The SMILES string of the molecule is CCc1ccc(-c2noc(C3CSCC3N)n2)cc1. The number of benzene rings is 1. The molecule has 1 aromatic carbocycles. The highest BCUT2D eigenvalue weighted by Crippen LogP contribution is 2.31. The molecule has 1 aliphatic rings. The van der Waals surface area contributed by atoms with Crippen molar-refractivity contribution in [3.63, 3.8) is 0 Å². The van der Waals surface area contributed by atoms with Gasteiger partial charge in [0, 0.05) is 23.1 Å². The average molecular weight is 275 g/mol. The zero-order valence-corrected chi connectivity index (χ0v) is 11.7. The van der Waals surface area contributed by atoms with Gasteiger partial charge in [0.2, 0.25) is 11.7 Å². The molecule has 5 heteroatoms. The third-order valence-electron chi connectivity index (χ3n) is 3.50. The molecule has 100 valence electrons. The lowest BCUT2D eigenvalue weighted by Gasteiger charge is -2.07. The maximum absolute atomic E-state index is 6.05. The Hall–Kier alpha value is -1.33. The predicted octanol–water partition coefficient (Wildman–Crippen LogP) is 2.46. The Morgan fingerprint density at radius 3 is 2.74 bits per heavy atom. The first-order valence-corrected chi connectivity index (χ1v) is 7.69. The second-order valence-corrected chi connectivity index (χ2v) is 5.89. The summed E-state index contributed by atoms with van der Waals surface area (Å²) in [4.78, 5) is 4.50. The lowest BCUT2D eigenvalue weighted by atomic mass is 10.1. The minimum Gasteiger partial charge on any atom is -0.339 e. The van der Waals surface area contributed by atoms with Crippen molar-refractivity contribution in [2.75, 3.05) is 11.5 Å². The number of nitrogens with two attached hydrogens (primary N) is 1. The van der Waals surface area contributed by atoms with E-state index in [-0.39, 0.29) is 12.0 Å². The third-order valence-corrected chi connectivity index (χ3v) is 4.72. The van der Waals surface area contributed by atoms with Crippen LogP contribution >= 0.6 is 11.8 Å². The highest BCUT2D eigenvalue weighted by molar-refractivity contribution is 7.99. The molecule has 4 nitrogen and oxygen atoms in total. The van der Waals surface area contributed by atoms with Gasteiger partial charge < -0.3 is 10.3 Å². The molecule has 1 aromatic heterocycles. The smallest absolute Gasteiger partial charge is 0.232 e. The Morgan fingerprint density at radius 1 is 1.32 bits per heavy atom. The fourth-order valence-electron chi connectivity index (χ4n) is 2.22. The standard InChI is InChI=1S/C14H17N3OS/c1-2-9-3-5-10(6-4-9)13-16-14(18-17-13)11-7-19-8-12(11)15/h3-6,11-12H,2,7-8,15H2,1H3. The Morgan fingerprint density at radius 2 is 2.11 bits per heavy atom. The number of aromatic nitrogens is 2. The number of rotatable bonds is 3. The van der Waals surface area contributed by atoms with Gasteiger partial charge in [0.15, 0.2) is 0 Å². The van der Waals surface area contributed by atoms with Crippen LogP contribution in [0.3, 0.4) is 0 Å². The summed E-state index contributed by atoms with van der Waals surface area (Å²) >= 11 is 1.84. The zero-order valence-electron chi connectivity index (χ0n) is 10.9. The van der Waals surface area contributed by atoms with E-state index in [1.165, 1.54) is 5.56 Å². The number of thioether (sulfide) groups is 1. The van der Waals surface area contributed by atoms with Gasteiger partial charge in [-0.1, -0.05) is 36.3 Å². The van der Waals surface area contributed by atoms with E-state index in [0.717, 1.165) is 23.5 Å². The Bertz CT molecular complexity index is 552. The van der Waals surface area contributed by atoms with Crippen molar-refractivity contribution in [1.82, 2.24) is 10.1 Å². The van der Waals surface area contributed by atoms with Crippen LogP contribution < -0.4 is 5.73 Å². The Labute approximate surface area is 116 Å². The number of nitrogens with zero attached hydrogens (tertiary/aromatic N) is 2. The molecule has 2 heterocycles. The first-order valence-electron chi connectivity index (χ1n) is 6.54. The monoisotopic (exact) mass is 275 g/mol. The molecular formula is C14H17N3OS. The van der Waals surface area contributed by atoms with Gasteiger partial charge in [0.05, 0.1) is 5.92 Å². The van der Waals surface area contributed by atoms with E-state index in [0.29, 0.717) is 11.7 Å². The minimum absolute atomic E-state index is 0.126. The molecule has 1 aliphatic heterocycles. The molecule has 0 aliphatic carbocycles. The zero-order chi connectivity index (χ0) is 13.2. The summed E-state index contributed by atoms with van der Waals surface area (Å²) in [5.74, 6) is 3.46. The quantitative estimate of drug-likeness (QED) is 0.932. The van der Waals surface area contributed by atoms with Crippen LogP contribution in [-0.2, 0) is 6.42 Å². The van der Waals surface area contributed by atoms with Crippen LogP contribution in [0.4, 0.5) is 0 Å². The van der Waals surface area contributed by atoms with E-state index < -0.39 is 0 Å². The molecule has 2 atom stereocenters. The summed E-state index contributed by atoms with van der Waals surface area (Å²) < 4.78 is 5.38. The molecule has 2 aromatic rings. The fraction of sp³-hybridized carbons (Fsp3) is 0.429. The van der Waals surface area contributed by atoms with Gasteiger partial charge in [-0.2, -0.15) is 16.7 Å². The summed E-state index contributed by atoms with van der Waals surface area (Å²) in [5, 5.41) is 4.07. The summed E-state index contributed by atoms with van der Waals surface area (Å²) in [6, 6.07) is 8.40. The van der Waals surface area contributed by atoms with Gasteiger partial charge in [-0.15, -0.1) is 0 Å². The van der Waals surface area contributed by atoms with E-state index in [1.807, 2.05) is 23.9 Å². The van der Waals surface area contributed by atoms with E-state index in [2.05, 4.69) is 29.2 Å². The number of hydrogen-bond donors (Lipinski definition) is 1. The molecule has 0 radical (unpaired) electrons. The van der Waals surface area contributed by atoms with Gasteiger partial charge in [-0.05, 0) is 12.0 Å². The average Bonchev–Trinajstić information content (AvgIpc) is 3.07. The minimum atomic E-state index is 0.126. The predicted molar refractivity (Wildman–Crippen MR) is 77.2 cm³/mol. The van der Waals surface area contributed by atoms with E-state index in [9.17, 15) is 0 Å². The highest BCUT2D eigenvalue weighted by Gasteiger charge is 2.30. The molecule has 3 rings (SSSR count). The number of hydrogen-bond acceptors (Lipinski definition) is 5. The maximum Gasteiger partial charge on any atom is 0.232 e. The Balaban J connectivity index is 1.83. The maximum atomic E-state index is 6.05. The van der Waals surface area contributed by atoms with Crippen LogP contribution in [0.15, 0.2) is 28.8 Å². The molecule has 0 saturated carbocycles. The molecule has 0 bridgehead atoms. The van der Waals surface area contributed by atoms with Crippen molar-refractivity contribution >= 4 is 11.8 Å². The lowest BCUT2D eigenvalue weighted by molar-refractivity contribution is 0.352. The van der Waals surface area contributed by atoms with Gasteiger partial charge >= 0.3 is 0 Å². The van der Waals surface area contributed by atoms with E-state index in [4.69, 9.17) is 10.3 Å².